The van der Waals surface area contributed by atoms with E-state index in [4.69, 9.17) is 5.73 Å². The molecular weight excluding hydrogens is 258 g/mol. The van der Waals surface area contributed by atoms with Gasteiger partial charge in [-0.1, -0.05) is 30.8 Å². The van der Waals surface area contributed by atoms with Crippen molar-refractivity contribution in [3.05, 3.63) is 24.3 Å². The minimum Gasteiger partial charge on any atom is -0.394 e. The molecule has 1 aromatic carbocycles. The second kappa shape index (κ2) is 6.41. The Morgan fingerprint density at radius 1 is 1.42 bits per heavy atom. The molecular formula is C14H21N3OS. The summed E-state index contributed by atoms with van der Waals surface area (Å²) in [6.45, 7) is 2.07. The van der Waals surface area contributed by atoms with Crippen LogP contribution >= 0.6 is 11.8 Å². The van der Waals surface area contributed by atoms with Gasteiger partial charge in [0.15, 0.2) is 5.16 Å². The monoisotopic (exact) mass is 279 g/mol. The van der Waals surface area contributed by atoms with Gasteiger partial charge in [0, 0.05) is 11.3 Å². The molecule has 5 heteroatoms. The number of imidazole rings is 1. The first kappa shape index (κ1) is 14.4. The summed E-state index contributed by atoms with van der Waals surface area (Å²) in [6.07, 6.45) is 2.62. The lowest BCUT2D eigenvalue weighted by Gasteiger charge is -2.25. The lowest BCUT2D eigenvalue weighted by Crippen LogP contribution is -2.42. The summed E-state index contributed by atoms with van der Waals surface area (Å²) in [5, 5.41) is 10.2. The van der Waals surface area contributed by atoms with Gasteiger partial charge in [-0.2, -0.15) is 0 Å². The number of rotatable bonds is 7. The molecule has 2 aromatic rings. The fourth-order valence-electron chi connectivity index (χ4n) is 1.96. The number of thioether (sulfide) groups is 1. The number of benzene rings is 1. The second-order valence-electron chi connectivity index (χ2n) is 4.89. The van der Waals surface area contributed by atoms with Crippen LogP contribution in [0.5, 0.6) is 0 Å². The largest absolute Gasteiger partial charge is 0.394 e. The van der Waals surface area contributed by atoms with Crippen LogP contribution in [0.2, 0.25) is 0 Å². The molecule has 19 heavy (non-hydrogen) atoms. The Labute approximate surface area is 117 Å². The Bertz CT molecular complexity index is 489. The average Bonchev–Trinajstić information content (AvgIpc) is 2.86. The van der Waals surface area contributed by atoms with E-state index in [9.17, 15) is 5.11 Å². The van der Waals surface area contributed by atoms with E-state index >= 15 is 0 Å². The summed E-state index contributed by atoms with van der Waals surface area (Å²) < 4.78 is 0. The lowest BCUT2D eigenvalue weighted by molar-refractivity contribution is 0.182. The summed E-state index contributed by atoms with van der Waals surface area (Å²) in [5.74, 6) is 0.957. The number of nitrogens with zero attached hydrogens (tertiary/aromatic N) is 1. The minimum absolute atomic E-state index is 0.0544. The van der Waals surface area contributed by atoms with Crippen molar-refractivity contribution < 1.29 is 5.11 Å². The molecule has 0 fully saturated rings. The van der Waals surface area contributed by atoms with E-state index in [2.05, 4.69) is 9.97 Å². The second-order valence-corrected chi connectivity index (χ2v) is 5.97. The Kier molecular flexibility index (Phi) is 4.85. The molecule has 2 rings (SSSR count). The Hall–Kier alpha value is -1.04. The Morgan fingerprint density at radius 3 is 2.89 bits per heavy atom. The molecule has 0 amide bonds. The van der Waals surface area contributed by atoms with Gasteiger partial charge < -0.3 is 15.8 Å². The molecule has 0 aliphatic rings. The van der Waals surface area contributed by atoms with E-state index < -0.39 is 5.54 Å². The molecule has 104 valence electrons. The number of fused-ring (bicyclic) bond motifs is 1. The number of nitrogens with two attached hydrogens (primary N) is 1. The fraction of sp³-hybridized carbons (Fsp3) is 0.500. The first-order chi connectivity index (χ1) is 9.17. The number of aliphatic hydroxyl groups excluding tert-OH is 1. The van der Waals surface area contributed by atoms with Crippen molar-refractivity contribution in [2.24, 2.45) is 5.73 Å². The molecule has 0 aliphatic carbocycles. The predicted molar refractivity (Wildman–Crippen MR) is 80.3 cm³/mol. The van der Waals surface area contributed by atoms with Crippen LogP contribution in [0.1, 0.15) is 26.2 Å². The highest BCUT2D eigenvalue weighted by molar-refractivity contribution is 7.99. The standard InChI is InChI=1S/C14H21N3OS/c1-2-14(15,10-18)8-5-9-19-13-16-11-6-3-4-7-12(11)17-13/h3-4,6-7,18H,2,5,8-10,15H2,1H3,(H,16,17). The lowest BCUT2D eigenvalue weighted by atomic mass is 9.93. The number of nitrogens with one attached hydrogen (secondary N) is 1. The van der Waals surface area contributed by atoms with Crippen molar-refractivity contribution in [3.63, 3.8) is 0 Å². The Balaban J connectivity index is 1.83. The quantitative estimate of drug-likeness (QED) is 0.538. The third-order valence-electron chi connectivity index (χ3n) is 3.44. The summed E-state index contributed by atoms with van der Waals surface area (Å²) in [4.78, 5) is 7.81. The van der Waals surface area contributed by atoms with Gasteiger partial charge in [0.05, 0.1) is 17.6 Å². The van der Waals surface area contributed by atoms with Crippen LogP contribution in [0.25, 0.3) is 11.0 Å². The molecule has 4 N–H and O–H groups in total. The van der Waals surface area contributed by atoms with Gasteiger partial charge in [-0.15, -0.1) is 0 Å². The van der Waals surface area contributed by atoms with Gasteiger partial charge in [-0.25, -0.2) is 4.98 Å². The SMILES string of the molecule is CCC(N)(CO)CCCSc1nc2ccccc2[nH]1. The summed E-state index contributed by atoms with van der Waals surface area (Å²) in [6, 6.07) is 8.02. The molecule has 0 bridgehead atoms. The van der Waals surface area contributed by atoms with E-state index in [1.165, 1.54) is 0 Å². The smallest absolute Gasteiger partial charge is 0.166 e. The van der Waals surface area contributed by atoms with Crippen LogP contribution in [0.3, 0.4) is 0 Å². The van der Waals surface area contributed by atoms with Crippen LogP contribution in [-0.4, -0.2) is 33.0 Å². The minimum atomic E-state index is -0.422. The molecule has 1 aromatic heterocycles. The molecule has 0 aliphatic heterocycles. The van der Waals surface area contributed by atoms with Gasteiger partial charge in [0.25, 0.3) is 0 Å². The molecule has 0 saturated heterocycles. The van der Waals surface area contributed by atoms with E-state index in [1.54, 1.807) is 11.8 Å². The number of para-hydroxylation sites is 2. The first-order valence-electron chi connectivity index (χ1n) is 6.64. The number of hydrogen-bond donors (Lipinski definition) is 3. The zero-order chi connectivity index (χ0) is 13.7. The first-order valence-corrected chi connectivity index (χ1v) is 7.63. The molecule has 0 saturated carbocycles. The van der Waals surface area contributed by atoms with Crippen molar-refractivity contribution in [3.8, 4) is 0 Å². The molecule has 1 unspecified atom stereocenters. The van der Waals surface area contributed by atoms with Gasteiger partial charge in [-0.05, 0) is 31.4 Å². The highest BCUT2D eigenvalue weighted by atomic mass is 32.2. The summed E-state index contributed by atoms with van der Waals surface area (Å²) in [7, 11) is 0. The summed E-state index contributed by atoms with van der Waals surface area (Å²) >= 11 is 1.70. The Morgan fingerprint density at radius 2 is 2.21 bits per heavy atom. The van der Waals surface area contributed by atoms with Crippen molar-refractivity contribution in [1.29, 1.82) is 0 Å². The third-order valence-corrected chi connectivity index (χ3v) is 4.40. The van der Waals surface area contributed by atoms with E-state index in [-0.39, 0.29) is 6.61 Å². The van der Waals surface area contributed by atoms with Crippen LogP contribution in [0, 0.1) is 0 Å². The number of aromatic amines is 1. The zero-order valence-electron chi connectivity index (χ0n) is 11.2. The van der Waals surface area contributed by atoms with E-state index in [0.29, 0.717) is 0 Å². The van der Waals surface area contributed by atoms with Crippen molar-refractivity contribution >= 4 is 22.8 Å². The normalized spacial score (nSPS) is 14.7. The zero-order valence-corrected chi connectivity index (χ0v) is 12.0. The topological polar surface area (TPSA) is 74.9 Å². The van der Waals surface area contributed by atoms with Crippen LogP contribution in [-0.2, 0) is 0 Å². The van der Waals surface area contributed by atoms with E-state index in [1.807, 2.05) is 31.2 Å². The third kappa shape index (κ3) is 3.72. The van der Waals surface area contributed by atoms with Crippen molar-refractivity contribution in [2.75, 3.05) is 12.4 Å². The highest BCUT2D eigenvalue weighted by Gasteiger charge is 2.20. The fourth-order valence-corrected chi connectivity index (χ4v) is 2.79. The maximum Gasteiger partial charge on any atom is 0.166 e. The number of H-pyrrole nitrogens is 1. The molecule has 4 nitrogen and oxygen atoms in total. The maximum atomic E-state index is 9.25. The number of hydrogen-bond acceptors (Lipinski definition) is 4. The maximum absolute atomic E-state index is 9.25. The van der Waals surface area contributed by atoms with Gasteiger partial charge in [-0.3, -0.25) is 0 Å². The molecule has 1 heterocycles. The molecule has 1 atom stereocenters. The van der Waals surface area contributed by atoms with Crippen LogP contribution in [0.15, 0.2) is 29.4 Å². The molecule has 0 spiro atoms. The number of aromatic nitrogens is 2. The van der Waals surface area contributed by atoms with Gasteiger partial charge in [0.2, 0.25) is 0 Å². The van der Waals surface area contributed by atoms with Crippen molar-refractivity contribution in [1.82, 2.24) is 9.97 Å². The van der Waals surface area contributed by atoms with Crippen LogP contribution in [0.4, 0.5) is 0 Å². The van der Waals surface area contributed by atoms with Crippen LogP contribution < -0.4 is 5.73 Å². The number of aliphatic hydroxyl groups is 1. The summed E-state index contributed by atoms with van der Waals surface area (Å²) in [5.41, 5.74) is 7.71. The van der Waals surface area contributed by atoms with Gasteiger partial charge in [0.1, 0.15) is 0 Å². The molecule has 0 radical (unpaired) electrons. The highest BCUT2D eigenvalue weighted by Crippen LogP contribution is 2.22. The van der Waals surface area contributed by atoms with Gasteiger partial charge >= 0.3 is 0 Å². The van der Waals surface area contributed by atoms with Crippen molar-refractivity contribution in [2.45, 2.75) is 36.9 Å². The average molecular weight is 279 g/mol. The van der Waals surface area contributed by atoms with E-state index in [0.717, 1.165) is 41.2 Å². The predicted octanol–water partition coefficient (Wildman–Crippen LogP) is 2.54.